The van der Waals surface area contributed by atoms with E-state index >= 15 is 0 Å². The van der Waals surface area contributed by atoms with E-state index in [0.29, 0.717) is 18.1 Å². The summed E-state index contributed by atoms with van der Waals surface area (Å²) in [4.78, 5) is 14.7. The maximum atomic E-state index is 10.8. The average molecular weight is 261 g/mol. The highest BCUT2D eigenvalue weighted by Crippen LogP contribution is 2.25. The second-order valence-electron chi connectivity index (χ2n) is 4.22. The van der Waals surface area contributed by atoms with E-state index in [4.69, 9.17) is 0 Å². The molecule has 0 aliphatic heterocycles. The van der Waals surface area contributed by atoms with Crippen LogP contribution in [0.2, 0.25) is 0 Å². The van der Waals surface area contributed by atoms with Gasteiger partial charge in [0.05, 0.1) is 11.5 Å². The Kier molecular flexibility index (Phi) is 3.46. The minimum absolute atomic E-state index is 0.0674. The maximum Gasteiger partial charge on any atom is 0.292 e. The van der Waals surface area contributed by atoms with E-state index in [0.717, 1.165) is 11.4 Å². The van der Waals surface area contributed by atoms with E-state index in [1.165, 1.54) is 6.07 Å². The molecule has 7 heteroatoms. The Bertz CT molecular complexity index is 621. The van der Waals surface area contributed by atoms with Gasteiger partial charge in [-0.15, -0.1) is 0 Å². The van der Waals surface area contributed by atoms with E-state index in [2.05, 4.69) is 15.4 Å². The van der Waals surface area contributed by atoms with Crippen LogP contribution < -0.4 is 5.32 Å². The van der Waals surface area contributed by atoms with Crippen LogP contribution in [0.25, 0.3) is 0 Å². The van der Waals surface area contributed by atoms with E-state index in [1.54, 1.807) is 23.9 Å². The second kappa shape index (κ2) is 5.05. The lowest BCUT2D eigenvalue weighted by Crippen LogP contribution is -2.05. The van der Waals surface area contributed by atoms with Gasteiger partial charge in [0.15, 0.2) is 0 Å². The number of rotatable bonds is 4. The third-order valence-corrected chi connectivity index (χ3v) is 2.82. The molecule has 0 spiro atoms. The van der Waals surface area contributed by atoms with Gasteiger partial charge in [-0.25, -0.2) is 9.67 Å². The quantitative estimate of drug-likeness (QED) is 0.671. The van der Waals surface area contributed by atoms with Gasteiger partial charge >= 0.3 is 0 Å². The monoisotopic (exact) mass is 261 g/mol. The Morgan fingerprint density at radius 1 is 1.42 bits per heavy atom. The number of hydrogen-bond acceptors (Lipinski definition) is 5. The number of anilines is 1. The van der Waals surface area contributed by atoms with E-state index < -0.39 is 4.92 Å². The van der Waals surface area contributed by atoms with Crippen molar-refractivity contribution in [2.24, 2.45) is 0 Å². The highest BCUT2D eigenvalue weighted by molar-refractivity contribution is 5.62. The Morgan fingerprint density at radius 3 is 2.68 bits per heavy atom. The molecule has 0 fully saturated rings. The summed E-state index contributed by atoms with van der Waals surface area (Å²) in [5, 5.41) is 18.0. The van der Waals surface area contributed by atoms with Crippen LogP contribution in [-0.2, 0) is 6.54 Å². The number of benzene rings is 1. The van der Waals surface area contributed by atoms with Crippen molar-refractivity contribution in [1.29, 1.82) is 0 Å². The summed E-state index contributed by atoms with van der Waals surface area (Å²) in [6.45, 7) is 4.25. The first-order valence-electron chi connectivity index (χ1n) is 5.84. The fourth-order valence-electron chi connectivity index (χ4n) is 1.92. The number of aryl methyl sites for hydroxylation is 2. The molecule has 0 unspecified atom stereocenters. The summed E-state index contributed by atoms with van der Waals surface area (Å²) in [5.41, 5.74) is 1.50. The molecular weight excluding hydrogens is 246 g/mol. The van der Waals surface area contributed by atoms with Crippen molar-refractivity contribution in [3.63, 3.8) is 0 Å². The van der Waals surface area contributed by atoms with Crippen LogP contribution in [-0.4, -0.2) is 26.7 Å². The normalized spacial score (nSPS) is 10.5. The third kappa shape index (κ3) is 2.70. The highest BCUT2D eigenvalue weighted by Gasteiger charge is 2.13. The zero-order valence-electron chi connectivity index (χ0n) is 11.0. The molecule has 0 aliphatic carbocycles. The molecule has 1 N–H and O–H groups in total. The lowest BCUT2D eigenvalue weighted by atomic mass is 10.1. The molecular formula is C12H15N5O2. The Hall–Kier alpha value is -2.44. The SMILES string of the molecule is CNc1cc(Cn2nc(C)nc2C)ccc1[N+](=O)[O-]. The molecule has 1 aromatic carbocycles. The lowest BCUT2D eigenvalue weighted by Gasteiger charge is -2.07. The maximum absolute atomic E-state index is 10.8. The third-order valence-electron chi connectivity index (χ3n) is 2.82. The Balaban J connectivity index is 2.31. The van der Waals surface area contributed by atoms with Crippen molar-refractivity contribution in [2.45, 2.75) is 20.4 Å². The van der Waals surface area contributed by atoms with Gasteiger partial charge in [0, 0.05) is 13.1 Å². The molecule has 0 amide bonds. The lowest BCUT2D eigenvalue weighted by molar-refractivity contribution is -0.383. The van der Waals surface area contributed by atoms with Gasteiger partial charge in [0.2, 0.25) is 0 Å². The molecule has 0 radical (unpaired) electrons. The Morgan fingerprint density at radius 2 is 2.16 bits per heavy atom. The number of nitrogens with one attached hydrogen (secondary N) is 1. The molecule has 0 bridgehead atoms. The van der Waals surface area contributed by atoms with E-state index in [1.807, 2.05) is 13.8 Å². The molecule has 2 aromatic rings. The number of nitrogens with zero attached hydrogens (tertiary/aromatic N) is 4. The summed E-state index contributed by atoms with van der Waals surface area (Å²) < 4.78 is 1.77. The Labute approximate surface area is 110 Å². The summed E-state index contributed by atoms with van der Waals surface area (Å²) in [6.07, 6.45) is 0. The molecule has 100 valence electrons. The summed E-state index contributed by atoms with van der Waals surface area (Å²) >= 11 is 0. The van der Waals surface area contributed by atoms with Crippen LogP contribution in [0.5, 0.6) is 0 Å². The van der Waals surface area contributed by atoms with Crippen LogP contribution in [0, 0.1) is 24.0 Å². The number of aromatic nitrogens is 3. The fraction of sp³-hybridized carbons (Fsp3) is 0.333. The summed E-state index contributed by atoms with van der Waals surface area (Å²) in [5.74, 6) is 1.54. The van der Waals surface area contributed by atoms with Crippen molar-refractivity contribution in [3.8, 4) is 0 Å². The zero-order chi connectivity index (χ0) is 14.0. The first kappa shape index (κ1) is 13.0. The minimum atomic E-state index is -0.402. The van der Waals surface area contributed by atoms with Gasteiger partial charge in [-0.3, -0.25) is 10.1 Å². The van der Waals surface area contributed by atoms with Crippen LogP contribution >= 0.6 is 0 Å². The standard InChI is InChI=1S/C12H15N5O2/c1-8-14-9(2)16(15-8)7-10-4-5-12(17(18)19)11(6-10)13-3/h4-6,13H,7H2,1-3H3. The van der Waals surface area contributed by atoms with Gasteiger partial charge in [-0.2, -0.15) is 5.10 Å². The molecule has 0 saturated heterocycles. The molecule has 1 heterocycles. The number of nitro groups is 1. The van der Waals surface area contributed by atoms with E-state index in [9.17, 15) is 10.1 Å². The van der Waals surface area contributed by atoms with Gasteiger partial charge in [-0.1, -0.05) is 6.07 Å². The summed E-state index contributed by atoms with van der Waals surface area (Å²) in [7, 11) is 1.66. The van der Waals surface area contributed by atoms with Crippen LogP contribution in [0.1, 0.15) is 17.2 Å². The first-order valence-corrected chi connectivity index (χ1v) is 5.84. The molecule has 1 aromatic heterocycles. The van der Waals surface area contributed by atoms with Gasteiger partial charge in [0.1, 0.15) is 17.3 Å². The minimum Gasteiger partial charge on any atom is -0.383 e. The first-order chi connectivity index (χ1) is 9.01. The molecule has 0 atom stereocenters. The van der Waals surface area contributed by atoms with Crippen molar-refractivity contribution in [2.75, 3.05) is 12.4 Å². The van der Waals surface area contributed by atoms with Crippen LogP contribution in [0.4, 0.5) is 11.4 Å². The molecule has 2 rings (SSSR count). The number of nitro benzene ring substituents is 1. The highest BCUT2D eigenvalue weighted by atomic mass is 16.6. The average Bonchev–Trinajstić information content (AvgIpc) is 2.67. The molecule has 7 nitrogen and oxygen atoms in total. The number of hydrogen-bond donors (Lipinski definition) is 1. The molecule has 0 saturated carbocycles. The fourth-order valence-corrected chi connectivity index (χ4v) is 1.92. The van der Waals surface area contributed by atoms with Crippen LogP contribution in [0.15, 0.2) is 18.2 Å². The van der Waals surface area contributed by atoms with Crippen molar-refractivity contribution < 1.29 is 4.92 Å². The molecule has 19 heavy (non-hydrogen) atoms. The molecule has 0 aliphatic rings. The largest absolute Gasteiger partial charge is 0.383 e. The van der Waals surface area contributed by atoms with Gasteiger partial charge < -0.3 is 5.32 Å². The van der Waals surface area contributed by atoms with Crippen molar-refractivity contribution >= 4 is 11.4 Å². The predicted molar refractivity (Wildman–Crippen MR) is 71.2 cm³/mol. The van der Waals surface area contributed by atoms with Crippen LogP contribution in [0.3, 0.4) is 0 Å². The van der Waals surface area contributed by atoms with Crippen molar-refractivity contribution in [1.82, 2.24) is 14.8 Å². The van der Waals surface area contributed by atoms with E-state index in [-0.39, 0.29) is 5.69 Å². The smallest absolute Gasteiger partial charge is 0.292 e. The van der Waals surface area contributed by atoms with Gasteiger partial charge in [0.25, 0.3) is 5.69 Å². The zero-order valence-corrected chi connectivity index (χ0v) is 11.0. The van der Waals surface area contributed by atoms with Gasteiger partial charge in [-0.05, 0) is 25.5 Å². The van der Waals surface area contributed by atoms with Crippen molar-refractivity contribution in [3.05, 3.63) is 45.5 Å². The topological polar surface area (TPSA) is 85.9 Å². The summed E-state index contributed by atoms with van der Waals surface area (Å²) in [6, 6.07) is 4.99. The predicted octanol–water partition coefficient (Wildman–Crippen LogP) is 1.89. The second-order valence-corrected chi connectivity index (χ2v) is 4.22.